The van der Waals surface area contributed by atoms with Crippen molar-refractivity contribution in [3.05, 3.63) is 29.6 Å². The molecule has 1 rings (SSSR count). The van der Waals surface area contributed by atoms with Crippen molar-refractivity contribution in [3.8, 4) is 0 Å². The number of anilines is 1. The second kappa shape index (κ2) is 5.35. The van der Waals surface area contributed by atoms with Crippen molar-refractivity contribution in [2.24, 2.45) is 0 Å². The molecule has 0 fully saturated rings. The van der Waals surface area contributed by atoms with E-state index in [1.807, 2.05) is 0 Å². The number of halogens is 4. The summed E-state index contributed by atoms with van der Waals surface area (Å²) in [7, 11) is 2.88. The van der Waals surface area contributed by atoms with Crippen molar-refractivity contribution in [1.82, 2.24) is 5.32 Å². The maximum atomic E-state index is 13.6. The van der Waals surface area contributed by atoms with Gasteiger partial charge in [0.05, 0.1) is 5.69 Å². The summed E-state index contributed by atoms with van der Waals surface area (Å²) in [6.07, 6.45) is -4.35. The van der Waals surface area contributed by atoms with E-state index < -0.39 is 18.5 Å². The zero-order valence-electron chi connectivity index (χ0n) is 9.61. The molecule has 1 aromatic carbocycles. The van der Waals surface area contributed by atoms with E-state index >= 15 is 0 Å². The summed E-state index contributed by atoms with van der Waals surface area (Å²) >= 11 is 0. The Labute approximate surface area is 97.2 Å². The fourth-order valence-electron chi connectivity index (χ4n) is 1.67. The maximum absolute atomic E-state index is 13.6. The first-order chi connectivity index (χ1) is 7.85. The van der Waals surface area contributed by atoms with E-state index in [0.717, 1.165) is 11.0 Å². The molecule has 0 heterocycles. The van der Waals surface area contributed by atoms with Gasteiger partial charge in [-0.15, -0.1) is 0 Å². The lowest BCUT2D eigenvalue weighted by molar-refractivity contribution is -0.119. The minimum absolute atomic E-state index is 0.0147. The summed E-state index contributed by atoms with van der Waals surface area (Å²) in [5.74, 6) is -0.649. The average Bonchev–Trinajstić information content (AvgIpc) is 2.15. The zero-order chi connectivity index (χ0) is 13.1. The van der Waals surface area contributed by atoms with E-state index in [4.69, 9.17) is 0 Å². The smallest absolute Gasteiger partial charge is 0.363 e. The van der Waals surface area contributed by atoms with Crippen molar-refractivity contribution in [3.63, 3.8) is 0 Å². The molecular formula is C11H14F4N2. The molecule has 0 saturated heterocycles. The molecule has 0 atom stereocenters. The fourth-order valence-corrected chi connectivity index (χ4v) is 1.67. The van der Waals surface area contributed by atoms with E-state index in [9.17, 15) is 17.6 Å². The molecule has 0 aliphatic heterocycles. The van der Waals surface area contributed by atoms with Crippen molar-refractivity contribution in [1.29, 1.82) is 0 Å². The zero-order valence-corrected chi connectivity index (χ0v) is 9.61. The summed E-state index contributed by atoms with van der Waals surface area (Å²) in [6.45, 7) is -0.861. The highest BCUT2D eigenvalue weighted by atomic mass is 19.4. The van der Waals surface area contributed by atoms with Crippen molar-refractivity contribution >= 4 is 5.69 Å². The molecule has 17 heavy (non-hydrogen) atoms. The van der Waals surface area contributed by atoms with Gasteiger partial charge < -0.3 is 10.2 Å². The number of hydrogen-bond acceptors (Lipinski definition) is 2. The van der Waals surface area contributed by atoms with Crippen LogP contribution in [0.2, 0.25) is 0 Å². The van der Waals surface area contributed by atoms with Gasteiger partial charge in [-0.2, -0.15) is 13.2 Å². The number of nitrogens with zero attached hydrogens (tertiary/aromatic N) is 1. The summed E-state index contributed by atoms with van der Waals surface area (Å²) < 4.78 is 50.3. The summed E-state index contributed by atoms with van der Waals surface area (Å²) in [4.78, 5) is 0.877. The molecule has 0 saturated carbocycles. The van der Waals surface area contributed by atoms with Crippen LogP contribution in [0.15, 0.2) is 18.2 Å². The number of nitrogens with one attached hydrogen (secondary N) is 1. The Balaban J connectivity index is 3.02. The highest BCUT2D eigenvalue weighted by molar-refractivity contribution is 5.54. The minimum Gasteiger partial charge on any atom is -0.363 e. The molecule has 2 nitrogen and oxygen atoms in total. The van der Waals surface area contributed by atoms with E-state index in [2.05, 4.69) is 5.32 Å². The average molecular weight is 250 g/mol. The van der Waals surface area contributed by atoms with Crippen LogP contribution in [0.5, 0.6) is 0 Å². The van der Waals surface area contributed by atoms with Gasteiger partial charge in [0.15, 0.2) is 0 Å². The number of benzene rings is 1. The van der Waals surface area contributed by atoms with Gasteiger partial charge in [0.2, 0.25) is 0 Å². The van der Waals surface area contributed by atoms with Crippen LogP contribution in [-0.2, 0) is 6.54 Å². The largest absolute Gasteiger partial charge is 0.405 e. The van der Waals surface area contributed by atoms with Gasteiger partial charge in [-0.25, -0.2) is 4.39 Å². The molecule has 0 aliphatic carbocycles. The molecule has 0 unspecified atom stereocenters. The molecule has 1 N–H and O–H groups in total. The topological polar surface area (TPSA) is 15.3 Å². The van der Waals surface area contributed by atoms with Crippen LogP contribution in [0.25, 0.3) is 0 Å². The lowest BCUT2D eigenvalue weighted by Gasteiger charge is -2.24. The van der Waals surface area contributed by atoms with Crippen LogP contribution < -0.4 is 10.2 Å². The molecule has 1 aromatic rings. The first-order valence-electron chi connectivity index (χ1n) is 5.05. The number of hydrogen-bond donors (Lipinski definition) is 1. The van der Waals surface area contributed by atoms with Gasteiger partial charge in [-0.1, -0.05) is 12.1 Å². The fraction of sp³-hybridized carbons (Fsp3) is 0.455. The Morgan fingerprint density at radius 1 is 1.29 bits per heavy atom. The molecule has 0 bridgehead atoms. The summed E-state index contributed by atoms with van der Waals surface area (Å²) in [6, 6.07) is 4.23. The van der Waals surface area contributed by atoms with Crippen molar-refractivity contribution in [2.45, 2.75) is 12.7 Å². The van der Waals surface area contributed by atoms with E-state index in [-0.39, 0.29) is 5.69 Å². The van der Waals surface area contributed by atoms with Gasteiger partial charge in [0.1, 0.15) is 12.4 Å². The lowest BCUT2D eigenvalue weighted by atomic mass is 10.1. The van der Waals surface area contributed by atoms with Crippen LogP contribution in [-0.4, -0.2) is 26.8 Å². The minimum atomic E-state index is -4.35. The third kappa shape index (κ3) is 3.89. The Hall–Kier alpha value is -1.30. The summed E-state index contributed by atoms with van der Waals surface area (Å²) in [5, 5.41) is 2.79. The van der Waals surface area contributed by atoms with Crippen LogP contribution in [0.3, 0.4) is 0 Å². The highest BCUT2D eigenvalue weighted by Crippen LogP contribution is 2.26. The van der Waals surface area contributed by atoms with Crippen LogP contribution in [0.1, 0.15) is 5.56 Å². The number of rotatable bonds is 4. The van der Waals surface area contributed by atoms with E-state index in [1.165, 1.54) is 13.1 Å². The molecule has 0 amide bonds. The normalized spacial score (nSPS) is 11.6. The van der Waals surface area contributed by atoms with Gasteiger partial charge in [0.25, 0.3) is 0 Å². The number of alkyl halides is 3. The third-order valence-corrected chi connectivity index (χ3v) is 2.24. The van der Waals surface area contributed by atoms with Crippen LogP contribution >= 0.6 is 0 Å². The van der Waals surface area contributed by atoms with Crippen molar-refractivity contribution in [2.75, 3.05) is 25.5 Å². The second-order valence-electron chi connectivity index (χ2n) is 3.75. The monoisotopic (exact) mass is 250 g/mol. The SMILES string of the molecule is CNCc1cccc(F)c1N(C)CC(F)(F)F. The second-order valence-corrected chi connectivity index (χ2v) is 3.75. The van der Waals surface area contributed by atoms with Gasteiger partial charge >= 0.3 is 6.18 Å². The Bertz CT molecular complexity index is 376. The summed E-state index contributed by atoms with van der Waals surface area (Å²) in [5.41, 5.74) is 0.485. The molecule has 0 spiro atoms. The van der Waals surface area contributed by atoms with E-state index in [0.29, 0.717) is 12.1 Å². The predicted octanol–water partition coefficient (Wildman–Crippen LogP) is 2.54. The third-order valence-electron chi connectivity index (χ3n) is 2.24. The Kier molecular flexibility index (Phi) is 4.34. The predicted molar refractivity (Wildman–Crippen MR) is 58.5 cm³/mol. The van der Waals surface area contributed by atoms with Crippen molar-refractivity contribution < 1.29 is 17.6 Å². The molecule has 0 aromatic heterocycles. The van der Waals surface area contributed by atoms with Gasteiger partial charge in [-0.05, 0) is 18.7 Å². The van der Waals surface area contributed by atoms with Crippen LogP contribution in [0, 0.1) is 5.82 Å². The molecule has 0 aliphatic rings. The first-order valence-corrected chi connectivity index (χ1v) is 5.05. The maximum Gasteiger partial charge on any atom is 0.405 e. The highest BCUT2D eigenvalue weighted by Gasteiger charge is 2.30. The molecule has 96 valence electrons. The van der Waals surface area contributed by atoms with Gasteiger partial charge in [0, 0.05) is 13.6 Å². The quantitative estimate of drug-likeness (QED) is 0.826. The van der Waals surface area contributed by atoms with Gasteiger partial charge in [-0.3, -0.25) is 0 Å². The Morgan fingerprint density at radius 2 is 1.94 bits per heavy atom. The first kappa shape index (κ1) is 13.8. The standard InChI is InChI=1S/C11H14F4N2/c1-16-6-8-4-3-5-9(12)10(8)17(2)7-11(13,14)15/h3-5,16H,6-7H2,1-2H3. The molecule has 6 heteroatoms. The molecule has 0 radical (unpaired) electrons. The van der Waals surface area contributed by atoms with Crippen LogP contribution in [0.4, 0.5) is 23.2 Å². The lowest BCUT2D eigenvalue weighted by Crippen LogP contribution is -2.32. The molecular weight excluding hydrogens is 236 g/mol. The Morgan fingerprint density at radius 3 is 2.47 bits per heavy atom. The van der Waals surface area contributed by atoms with E-state index in [1.54, 1.807) is 13.1 Å². The number of para-hydroxylation sites is 1.